The average molecular weight is 423 g/mol. The number of carbonyl (C=O) groups is 1. The molecule has 6 nitrogen and oxygen atoms in total. The second-order valence-corrected chi connectivity index (χ2v) is 8.39. The van der Waals surface area contributed by atoms with Crippen LogP contribution in [0, 0.1) is 6.92 Å². The van der Waals surface area contributed by atoms with Crippen molar-refractivity contribution in [2.75, 3.05) is 26.7 Å². The molecule has 1 aliphatic heterocycles. The van der Waals surface area contributed by atoms with E-state index in [1.807, 2.05) is 37.3 Å². The third kappa shape index (κ3) is 4.52. The smallest absolute Gasteiger partial charge is 0.263 e. The summed E-state index contributed by atoms with van der Waals surface area (Å²) in [4.78, 5) is 25.0. The molecule has 1 fully saturated rings. The molecular formula is C23H26N4O2S. The van der Waals surface area contributed by atoms with Crippen molar-refractivity contribution in [3.8, 4) is 16.5 Å². The number of benzene rings is 1. The quantitative estimate of drug-likeness (QED) is 0.621. The van der Waals surface area contributed by atoms with E-state index >= 15 is 0 Å². The molecule has 7 heteroatoms. The fourth-order valence-corrected chi connectivity index (χ4v) is 4.79. The second-order valence-electron chi connectivity index (χ2n) is 7.39. The normalized spacial score (nSPS) is 15.1. The molecule has 30 heavy (non-hydrogen) atoms. The van der Waals surface area contributed by atoms with Gasteiger partial charge in [-0.05, 0) is 62.7 Å². The zero-order valence-corrected chi connectivity index (χ0v) is 18.1. The van der Waals surface area contributed by atoms with Crippen LogP contribution >= 0.6 is 11.3 Å². The number of methoxy groups -OCH3 is 1. The van der Waals surface area contributed by atoms with Crippen LogP contribution in [0.1, 0.15) is 39.8 Å². The lowest BCUT2D eigenvalue weighted by atomic mass is 10.0. The lowest BCUT2D eigenvalue weighted by Crippen LogP contribution is -2.36. The molecule has 0 radical (unpaired) electrons. The van der Waals surface area contributed by atoms with Crippen LogP contribution in [-0.4, -0.2) is 47.5 Å². The predicted octanol–water partition coefficient (Wildman–Crippen LogP) is 4.09. The number of amides is 1. The first-order chi connectivity index (χ1) is 14.7. The van der Waals surface area contributed by atoms with Gasteiger partial charge in [0.25, 0.3) is 5.91 Å². The number of pyridine rings is 1. The number of thiazole rings is 1. The van der Waals surface area contributed by atoms with E-state index in [4.69, 9.17) is 4.74 Å². The van der Waals surface area contributed by atoms with E-state index in [0.29, 0.717) is 11.4 Å². The molecule has 0 saturated carbocycles. The van der Waals surface area contributed by atoms with Crippen molar-refractivity contribution in [3.63, 3.8) is 0 Å². The lowest BCUT2D eigenvalue weighted by molar-refractivity contribution is 0.0941. The molecule has 4 rings (SSSR count). The van der Waals surface area contributed by atoms with Crippen molar-refractivity contribution in [1.29, 1.82) is 0 Å². The van der Waals surface area contributed by atoms with Gasteiger partial charge in [-0.15, -0.1) is 11.3 Å². The first kappa shape index (κ1) is 20.5. The van der Waals surface area contributed by atoms with E-state index in [0.717, 1.165) is 40.8 Å². The maximum atomic E-state index is 13.0. The van der Waals surface area contributed by atoms with E-state index in [9.17, 15) is 4.79 Å². The molecule has 1 atom stereocenters. The SMILES string of the molecule is COc1cccc([C@@H](CNC(=O)c2sc(-c3ccccn3)nc2C)N2CCCC2)c1. The molecule has 1 N–H and O–H groups in total. The summed E-state index contributed by atoms with van der Waals surface area (Å²) in [5.74, 6) is 0.751. The fourth-order valence-electron chi connectivity index (χ4n) is 3.84. The predicted molar refractivity (Wildman–Crippen MR) is 119 cm³/mol. The molecule has 1 saturated heterocycles. The van der Waals surface area contributed by atoms with Gasteiger partial charge in [0.1, 0.15) is 15.6 Å². The Hall–Kier alpha value is -2.77. The van der Waals surface area contributed by atoms with E-state index < -0.39 is 0 Å². The zero-order chi connectivity index (χ0) is 20.9. The highest BCUT2D eigenvalue weighted by Crippen LogP contribution is 2.29. The van der Waals surface area contributed by atoms with E-state index in [2.05, 4.69) is 32.3 Å². The molecule has 1 amide bonds. The Morgan fingerprint density at radius 3 is 2.80 bits per heavy atom. The second kappa shape index (κ2) is 9.36. The van der Waals surface area contributed by atoms with Gasteiger partial charge in [-0.1, -0.05) is 18.2 Å². The van der Waals surface area contributed by atoms with Crippen molar-refractivity contribution in [1.82, 2.24) is 20.2 Å². The Morgan fingerprint density at radius 2 is 2.07 bits per heavy atom. The first-order valence-corrected chi connectivity index (χ1v) is 11.0. The first-order valence-electron chi connectivity index (χ1n) is 10.2. The number of ether oxygens (including phenoxy) is 1. The monoisotopic (exact) mass is 422 g/mol. The van der Waals surface area contributed by atoms with Gasteiger partial charge < -0.3 is 10.1 Å². The third-order valence-corrected chi connectivity index (χ3v) is 6.58. The number of likely N-dealkylation sites (tertiary alicyclic amines) is 1. The van der Waals surface area contributed by atoms with Crippen LogP contribution < -0.4 is 10.1 Å². The summed E-state index contributed by atoms with van der Waals surface area (Å²) in [5.41, 5.74) is 2.68. The number of hydrogen-bond acceptors (Lipinski definition) is 6. The maximum absolute atomic E-state index is 13.0. The molecule has 1 aliphatic rings. The Balaban J connectivity index is 1.51. The van der Waals surface area contributed by atoms with Gasteiger partial charge in [-0.3, -0.25) is 14.7 Å². The highest BCUT2D eigenvalue weighted by molar-refractivity contribution is 7.17. The van der Waals surface area contributed by atoms with Gasteiger partial charge in [-0.25, -0.2) is 4.98 Å². The van der Waals surface area contributed by atoms with Crippen LogP contribution in [0.25, 0.3) is 10.7 Å². The highest BCUT2D eigenvalue weighted by atomic mass is 32.1. The molecule has 0 bridgehead atoms. The summed E-state index contributed by atoms with van der Waals surface area (Å²) in [6.45, 7) is 4.50. The summed E-state index contributed by atoms with van der Waals surface area (Å²) >= 11 is 1.39. The van der Waals surface area contributed by atoms with Crippen molar-refractivity contribution in [2.45, 2.75) is 25.8 Å². The number of aromatic nitrogens is 2. The minimum Gasteiger partial charge on any atom is -0.497 e. The highest BCUT2D eigenvalue weighted by Gasteiger charge is 2.25. The summed E-state index contributed by atoms with van der Waals surface area (Å²) in [6.07, 6.45) is 4.12. The van der Waals surface area contributed by atoms with Crippen LogP contribution in [0.15, 0.2) is 48.7 Å². The molecule has 156 valence electrons. The number of nitrogens with zero attached hydrogens (tertiary/aromatic N) is 3. The van der Waals surface area contributed by atoms with Crippen LogP contribution in [-0.2, 0) is 0 Å². The largest absolute Gasteiger partial charge is 0.497 e. The summed E-state index contributed by atoms with van der Waals surface area (Å²) in [6, 6.07) is 13.9. The standard InChI is InChI=1S/C23H26N4O2S/c1-16-21(30-23(26-16)19-10-3-4-11-24-19)22(28)25-15-20(27-12-5-6-13-27)17-8-7-9-18(14-17)29-2/h3-4,7-11,14,20H,5-6,12-13,15H2,1-2H3,(H,25,28)/t20-/m1/s1. The molecule has 2 aromatic heterocycles. The number of carbonyl (C=O) groups excluding carboxylic acids is 1. The number of aryl methyl sites for hydroxylation is 1. The maximum Gasteiger partial charge on any atom is 0.263 e. The lowest BCUT2D eigenvalue weighted by Gasteiger charge is -2.28. The van der Waals surface area contributed by atoms with Gasteiger partial charge in [-0.2, -0.15) is 0 Å². The molecule has 3 aromatic rings. The molecule has 0 unspecified atom stereocenters. The summed E-state index contributed by atoms with van der Waals surface area (Å²) in [7, 11) is 1.68. The Labute approximate surface area is 180 Å². The molecular weight excluding hydrogens is 396 g/mol. The molecule has 0 aliphatic carbocycles. The fraction of sp³-hybridized carbons (Fsp3) is 0.348. The van der Waals surface area contributed by atoms with Gasteiger partial charge in [0.2, 0.25) is 0 Å². The summed E-state index contributed by atoms with van der Waals surface area (Å²) < 4.78 is 5.40. The number of hydrogen-bond donors (Lipinski definition) is 1. The van der Waals surface area contributed by atoms with E-state index in [1.165, 1.54) is 24.2 Å². The third-order valence-electron chi connectivity index (χ3n) is 5.40. The summed E-state index contributed by atoms with van der Waals surface area (Å²) in [5, 5.41) is 3.91. The number of nitrogens with one attached hydrogen (secondary N) is 1. The van der Waals surface area contributed by atoms with Crippen LogP contribution in [0.5, 0.6) is 5.75 Å². The number of rotatable bonds is 7. The Kier molecular flexibility index (Phi) is 6.40. The molecule has 0 spiro atoms. The van der Waals surface area contributed by atoms with E-state index in [-0.39, 0.29) is 11.9 Å². The van der Waals surface area contributed by atoms with Crippen molar-refractivity contribution < 1.29 is 9.53 Å². The van der Waals surface area contributed by atoms with Crippen LogP contribution in [0.3, 0.4) is 0 Å². The van der Waals surface area contributed by atoms with Crippen LogP contribution in [0.2, 0.25) is 0 Å². The van der Waals surface area contributed by atoms with Gasteiger partial charge in [0.05, 0.1) is 24.5 Å². The zero-order valence-electron chi connectivity index (χ0n) is 17.3. The van der Waals surface area contributed by atoms with Gasteiger partial charge in [0, 0.05) is 12.7 Å². The Bertz CT molecular complexity index is 999. The van der Waals surface area contributed by atoms with Crippen molar-refractivity contribution >= 4 is 17.2 Å². The van der Waals surface area contributed by atoms with Gasteiger partial charge >= 0.3 is 0 Å². The molecule has 1 aromatic carbocycles. The van der Waals surface area contributed by atoms with Crippen molar-refractivity contribution in [3.05, 3.63) is 64.8 Å². The van der Waals surface area contributed by atoms with E-state index in [1.54, 1.807) is 13.3 Å². The van der Waals surface area contributed by atoms with Gasteiger partial charge in [0.15, 0.2) is 0 Å². The minimum atomic E-state index is -0.0840. The topological polar surface area (TPSA) is 67.3 Å². The van der Waals surface area contributed by atoms with Crippen molar-refractivity contribution in [2.24, 2.45) is 0 Å². The van der Waals surface area contributed by atoms with Crippen LogP contribution in [0.4, 0.5) is 0 Å². The minimum absolute atomic E-state index is 0.0840. The molecule has 3 heterocycles. The average Bonchev–Trinajstić information content (AvgIpc) is 3.45. The Morgan fingerprint density at radius 1 is 1.23 bits per heavy atom.